The highest BCUT2D eigenvalue weighted by atomic mass is 127. The van der Waals surface area contributed by atoms with E-state index in [-0.39, 0.29) is 17.7 Å². The number of nitrogens with zero attached hydrogens (tertiary/aromatic N) is 2. The molecule has 0 aliphatic heterocycles. The normalized spacial score (nSPS) is 10.3. The minimum Gasteiger partial charge on any atom is -0.481 e. The molecule has 0 aliphatic carbocycles. The Morgan fingerprint density at radius 2 is 2.11 bits per heavy atom. The van der Waals surface area contributed by atoms with Crippen molar-refractivity contribution in [3.8, 4) is 11.8 Å². The molecule has 0 atom stereocenters. The summed E-state index contributed by atoms with van der Waals surface area (Å²) in [5.41, 5.74) is 2.78. The number of esters is 1. The van der Waals surface area contributed by atoms with E-state index in [1.807, 2.05) is 22.6 Å². The van der Waals surface area contributed by atoms with E-state index in [9.17, 15) is 14.0 Å². The number of carbonyl (C=O) groups excluding carboxylic acids is 2. The summed E-state index contributed by atoms with van der Waals surface area (Å²) in [6.45, 7) is -0.202. The fourth-order valence-electron chi connectivity index (χ4n) is 1.90. The molecule has 0 bridgehead atoms. The number of benzene rings is 2. The summed E-state index contributed by atoms with van der Waals surface area (Å²) in [6, 6.07) is 10.4. The molecule has 7 nitrogen and oxygen atoms in total. The van der Waals surface area contributed by atoms with Crippen molar-refractivity contribution in [1.29, 1.82) is 5.26 Å². The van der Waals surface area contributed by atoms with E-state index < -0.39 is 17.7 Å². The number of methoxy groups -OCH3 is 1. The summed E-state index contributed by atoms with van der Waals surface area (Å²) in [4.78, 5) is 23.0. The lowest BCUT2D eigenvalue weighted by atomic mass is 10.1. The predicted molar refractivity (Wildman–Crippen MR) is 103 cm³/mol. The van der Waals surface area contributed by atoms with Crippen LogP contribution in [-0.4, -0.2) is 31.8 Å². The highest BCUT2D eigenvalue weighted by Crippen LogP contribution is 2.21. The molecule has 2 aromatic rings. The molecular formula is C18H13FIN3O4. The van der Waals surface area contributed by atoms with Crippen molar-refractivity contribution >= 4 is 40.7 Å². The largest absolute Gasteiger partial charge is 0.481 e. The molecule has 0 aromatic heterocycles. The Bertz CT molecular complexity index is 941. The second kappa shape index (κ2) is 9.63. The molecule has 0 saturated carbocycles. The molecule has 2 rings (SSSR count). The molecule has 0 spiro atoms. The summed E-state index contributed by atoms with van der Waals surface area (Å²) < 4.78 is 24.3. The van der Waals surface area contributed by atoms with E-state index in [0.29, 0.717) is 11.3 Å². The number of carbonyl (C=O) groups is 2. The fraction of sp³-hybridized carbons (Fsp3) is 0.111. The number of rotatable bonds is 6. The van der Waals surface area contributed by atoms with Crippen molar-refractivity contribution < 1.29 is 23.5 Å². The van der Waals surface area contributed by atoms with Gasteiger partial charge in [0.05, 0.1) is 34.1 Å². The Morgan fingerprint density at radius 1 is 1.33 bits per heavy atom. The number of hydrogen-bond donors (Lipinski definition) is 1. The van der Waals surface area contributed by atoms with Gasteiger partial charge >= 0.3 is 5.97 Å². The molecule has 9 heteroatoms. The average Bonchev–Trinajstić information content (AvgIpc) is 2.66. The van der Waals surface area contributed by atoms with Crippen LogP contribution in [0, 0.1) is 20.7 Å². The molecule has 27 heavy (non-hydrogen) atoms. The zero-order valence-corrected chi connectivity index (χ0v) is 16.2. The smallest absolute Gasteiger partial charge is 0.343 e. The SMILES string of the molecule is COC(=O)COc1ccc(/C=N\NC(=O)c2ccc(C#N)cc2F)cc1I. The van der Waals surface area contributed by atoms with Gasteiger partial charge in [-0.25, -0.2) is 14.6 Å². The summed E-state index contributed by atoms with van der Waals surface area (Å²) in [7, 11) is 1.27. The van der Waals surface area contributed by atoms with E-state index >= 15 is 0 Å². The van der Waals surface area contributed by atoms with Crippen molar-refractivity contribution in [3.05, 3.63) is 62.5 Å². The lowest BCUT2D eigenvalue weighted by molar-refractivity contribution is -0.142. The third-order valence-electron chi connectivity index (χ3n) is 3.25. The first-order valence-electron chi connectivity index (χ1n) is 7.47. The van der Waals surface area contributed by atoms with Crippen LogP contribution in [0.3, 0.4) is 0 Å². The maximum absolute atomic E-state index is 13.8. The first kappa shape index (κ1) is 20.3. The van der Waals surface area contributed by atoms with E-state index in [1.165, 1.54) is 25.5 Å². The van der Waals surface area contributed by atoms with Gasteiger partial charge < -0.3 is 9.47 Å². The van der Waals surface area contributed by atoms with E-state index in [1.54, 1.807) is 24.3 Å². The lowest BCUT2D eigenvalue weighted by Crippen LogP contribution is -2.19. The summed E-state index contributed by atoms with van der Waals surface area (Å²) >= 11 is 2.03. The van der Waals surface area contributed by atoms with E-state index in [0.717, 1.165) is 9.64 Å². The second-order valence-electron chi connectivity index (χ2n) is 5.06. The van der Waals surface area contributed by atoms with Gasteiger partial charge in [0.25, 0.3) is 5.91 Å². The van der Waals surface area contributed by atoms with Crippen LogP contribution in [-0.2, 0) is 9.53 Å². The maximum Gasteiger partial charge on any atom is 0.343 e. The summed E-state index contributed by atoms with van der Waals surface area (Å²) in [6.07, 6.45) is 1.38. The Hall–Kier alpha value is -3.00. The highest BCUT2D eigenvalue weighted by molar-refractivity contribution is 14.1. The van der Waals surface area contributed by atoms with Crippen molar-refractivity contribution in [2.24, 2.45) is 5.10 Å². The molecule has 1 N–H and O–H groups in total. The number of nitrogens with one attached hydrogen (secondary N) is 1. The predicted octanol–water partition coefficient (Wildman–Crippen LogP) is 2.62. The number of ether oxygens (including phenoxy) is 2. The zero-order chi connectivity index (χ0) is 19.8. The van der Waals surface area contributed by atoms with Gasteiger partial charge in [0, 0.05) is 0 Å². The van der Waals surface area contributed by atoms with Gasteiger partial charge in [-0.3, -0.25) is 4.79 Å². The van der Waals surface area contributed by atoms with Gasteiger partial charge in [0.1, 0.15) is 11.6 Å². The number of nitriles is 1. The van der Waals surface area contributed by atoms with Gasteiger partial charge in [0.2, 0.25) is 0 Å². The van der Waals surface area contributed by atoms with E-state index in [2.05, 4.69) is 15.3 Å². The molecule has 0 heterocycles. The monoisotopic (exact) mass is 481 g/mol. The van der Waals surface area contributed by atoms with Crippen LogP contribution in [0.2, 0.25) is 0 Å². The molecule has 0 unspecified atom stereocenters. The Morgan fingerprint density at radius 3 is 2.74 bits per heavy atom. The summed E-state index contributed by atoms with van der Waals surface area (Å²) in [5.74, 6) is -1.53. The number of amides is 1. The van der Waals surface area contributed by atoms with Crippen molar-refractivity contribution in [3.63, 3.8) is 0 Å². The topological polar surface area (TPSA) is 101 Å². The van der Waals surface area contributed by atoms with Crippen molar-refractivity contribution in [2.45, 2.75) is 0 Å². The molecule has 0 aliphatic rings. The number of halogens is 2. The maximum atomic E-state index is 13.8. The molecule has 0 radical (unpaired) electrons. The molecule has 1 amide bonds. The highest BCUT2D eigenvalue weighted by Gasteiger charge is 2.11. The number of hydrogen-bond acceptors (Lipinski definition) is 6. The third-order valence-corrected chi connectivity index (χ3v) is 4.09. The third kappa shape index (κ3) is 5.75. The average molecular weight is 481 g/mol. The minimum atomic E-state index is -0.802. The van der Waals surface area contributed by atoms with Gasteiger partial charge in [-0.15, -0.1) is 0 Å². The Balaban J connectivity index is 2.00. The van der Waals surface area contributed by atoms with Gasteiger partial charge in [-0.2, -0.15) is 10.4 Å². The molecule has 138 valence electrons. The van der Waals surface area contributed by atoms with Crippen LogP contribution in [0.5, 0.6) is 5.75 Å². The van der Waals surface area contributed by atoms with Crippen LogP contribution in [0.25, 0.3) is 0 Å². The van der Waals surface area contributed by atoms with Gasteiger partial charge in [-0.05, 0) is 64.6 Å². The first-order chi connectivity index (χ1) is 12.9. The fourth-order valence-corrected chi connectivity index (χ4v) is 2.60. The second-order valence-corrected chi connectivity index (χ2v) is 6.22. The molecular weight excluding hydrogens is 468 g/mol. The van der Waals surface area contributed by atoms with E-state index in [4.69, 9.17) is 10.00 Å². The molecule has 0 saturated heterocycles. The summed E-state index contributed by atoms with van der Waals surface area (Å²) in [5, 5.41) is 12.5. The first-order valence-corrected chi connectivity index (χ1v) is 8.54. The van der Waals surface area contributed by atoms with Crippen LogP contribution in [0.4, 0.5) is 4.39 Å². The van der Waals surface area contributed by atoms with Crippen LogP contribution in [0.1, 0.15) is 21.5 Å². The lowest BCUT2D eigenvalue weighted by Gasteiger charge is -2.07. The number of hydrazone groups is 1. The van der Waals surface area contributed by atoms with Crippen molar-refractivity contribution in [1.82, 2.24) is 5.43 Å². The Kier molecular flexibility index (Phi) is 7.25. The standard InChI is InChI=1S/C18H13FIN3O4/c1-26-17(24)10-27-16-5-3-12(7-15(16)20)9-22-23-18(25)13-4-2-11(8-21)6-14(13)19/h2-7,9H,10H2,1H3,(H,23,25)/b22-9-. The molecule has 2 aromatic carbocycles. The van der Waals surface area contributed by atoms with Crippen molar-refractivity contribution in [2.75, 3.05) is 13.7 Å². The van der Waals surface area contributed by atoms with Crippen LogP contribution >= 0.6 is 22.6 Å². The van der Waals surface area contributed by atoms with Crippen LogP contribution in [0.15, 0.2) is 41.5 Å². The van der Waals surface area contributed by atoms with Gasteiger partial charge in [0.15, 0.2) is 6.61 Å². The minimum absolute atomic E-state index is 0.122. The quantitative estimate of drug-likeness (QED) is 0.296. The van der Waals surface area contributed by atoms with Crippen LogP contribution < -0.4 is 10.2 Å². The zero-order valence-electron chi connectivity index (χ0n) is 14.0. The Labute approximate surface area is 167 Å². The molecule has 0 fully saturated rings. The van der Waals surface area contributed by atoms with Gasteiger partial charge in [-0.1, -0.05) is 0 Å².